The number of aromatic amines is 1. The second-order valence-electron chi connectivity index (χ2n) is 8.13. The summed E-state index contributed by atoms with van der Waals surface area (Å²) >= 11 is 0. The first-order valence-corrected chi connectivity index (χ1v) is 12.0. The van der Waals surface area contributed by atoms with E-state index in [4.69, 9.17) is 0 Å². The van der Waals surface area contributed by atoms with Gasteiger partial charge in [-0.25, -0.2) is 8.42 Å². The fourth-order valence-electron chi connectivity index (χ4n) is 3.79. The molecule has 2 heterocycles. The number of sulfone groups is 1. The van der Waals surface area contributed by atoms with E-state index in [1.165, 1.54) is 4.90 Å². The number of Topliss-reactive ketones (excluding diaryl/α,β-unsaturated/α-hetero) is 1. The number of nitrogens with zero attached hydrogens (tertiary/aromatic N) is 1. The third-order valence-electron chi connectivity index (χ3n) is 5.33. The molecule has 0 radical (unpaired) electrons. The molecule has 1 aliphatic rings. The summed E-state index contributed by atoms with van der Waals surface area (Å²) in [6.07, 6.45) is 2.21. The van der Waals surface area contributed by atoms with Crippen molar-refractivity contribution in [3.8, 4) is 0 Å². The van der Waals surface area contributed by atoms with Gasteiger partial charge < -0.3 is 15.2 Å². The molecule has 9 heteroatoms. The molecule has 0 bridgehead atoms. The molecule has 2 amide bonds. The highest BCUT2D eigenvalue weighted by Gasteiger charge is 2.32. The zero-order valence-corrected chi connectivity index (χ0v) is 18.2. The van der Waals surface area contributed by atoms with Crippen molar-refractivity contribution in [2.75, 3.05) is 25.1 Å². The van der Waals surface area contributed by atoms with Crippen molar-refractivity contribution in [1.29, 1.82) is 0 Å². The fourth-order valence-corrected chi connectivity index (χ4v) is 4.54. The third kappa shape index (κ3) is 5.27. The molecule has 30 heavy (non-hydrogen) atoms. The van der Waals surface area contributed by atoms with Crippen LogP contribution in [0.2, 0.25) is 0 Å². The van der Waals surface area contributed by atoms with Gasteiger partial charge in [-0.05, 0) is 44.4 Å². The molecule has 162 valence electrons. The highest BCUT2D eigenvalue weighted by molar-refractivity contribution is 7.91. The SMILES string of the molecule is Cc1ccc2cc(C(=O)N[C@H](C)C(=O)N3CCC[C@@H](C(=O)CS(C)(=O)=O)C3)[nH]c2c1. The Morgan fingerprint density at radius 2 is 2.00 bits per heavy atom. The molecule has 0 spiro atoms. The maximum absolute atomic E-state index is 12.8. The first-order valence-electron chi connectivity index (χ1n) is 9.93. The first-order chi connectivity index (χ1) is 14.0. The smallest absolute Gasteiger partial charge is 0.268 e. The molecule has 3 rings (SSSR count). The van der Waals surface area contributed by atoms with Gasteiger partial charge in [-0.1, -0.05) is 12.1 Å². The van der Waals surface area contributed by atoms with Gasteiger partial charge in [-0.2, -0.15) is 0 Å². The average Bonchev–Trinajstić information content (AvgIpc) is 3.09. The number of aryl methyl sites for hydroxylation is 1. The molecule has 2 N–H and O–H groups in total. The maximum Gasteiger partial charge on any atom is 0.268 e. The molecule has 2 aromatic rings. The predicted octanol–water partition coefficient (Wildman–Crippen LogP) is 1.45. The lowest BCUT2D eigenvalue weighted by Crippen LogP contribution is -2.51. The largest absolute Gasteiger partial charge is 0.351 e. The van der Waals surface area contributed by atoms with E-state index in [-0.39, 0.29) is 24.1 Å². The first kappa shape index (κ1) is 22.0. The van der Waals surface area contributed by atoms with Crippen molar-refractivity contribution in [2.45, 2.75) is 32.7 Å². The van der Waals surface area contributed by atoms with Gasteiger partial charge in [-0.15, -0.1) is 0 Å². The molecule has 0 aliphatic carbocycles. The van der Waals surface area contributed by atoms with Crippen LogP contribution in [0.4, 0.5) is 0 Å². The number of fused-ring (bicyclic) bond motifs is 1. The normalized spacial score (nSPS) is 18.2. The van der Waals surface area contributed by atoms with Crippen molar-refractivity contribution in [3.63, 3.8) is 0 Å². The summed E-state index contributed by atoms with van der Waals surface area (Å²) in [5.74, 6) is -2.03. The third-order valence-corrected chi connectivity index (χ3v) is 6.14. The van der Waals surface area contributed by atoms with Gasteiger partial charge in [0.1, 0.15) is 17.5 Å². The van der Waals surface area contributed by atoms with Crippen LogP contribution in [0, 0.1) is 12.8 Å². The lowest BCUT2D eigenvalue weighted by molar-refractivity contribution is -0.136. The Bertz CT molecular complexity index is 1090. The average molecular weight is 434 g/mol. The molecule has 1 aromatic carbocycles. The van der Waals surface area contributed by atoms with Gasteiger partial charge in [0.25, 0.3) is 5.91 Å². The van der Waals surface area contributed by atoms with Crippen LogP contribution in [0.5, 0.6) is 0 Å². The summed E-state index contributed by atoms with van der Waals surface area (Å²) in [7, 11) is -3.40. The minimum atomic E-state index is -3.40. The molecule has 0 saturated carbocycles. The Balaban J connectivity index is 1.62. The molecule has 1 aliphatic heterocycles. The summed E-state index contributed by atoms with van der Waals surface area (Å²) in [5, 5.41) is 3.62. The highest BCUT2D eigenvalue weighted by atomic mass is 32.2. The van der Waals surface area contributed by atoms with Crippen LogP contribution in [0.15, 0.2) is 24.3 Å². The van der Waals surface area contributed by atoms with Crippen molar-refractivity contribution < 1.29 is 22.8 Å². The van der Waals surface area contributed by atoms with Crippen molar-refractivity contribution in [1.82, 2.24) is 15.2 Å². The number of hydrogen-bond acceptors (Lipinski definition) is 5. The summed E-state index contributed by atoms with van der Waals surface area (Å²) < 4.78 is 22.8. The van der Waals surface area contributed by atoms with Gasteiger partial charge in [0.05, 0.1) is 0 Å². The van der Waals surface area contributed by atoms with E-state index in [2.05, 4.69) is 10.3 Å². The Kier molecular flexibility index (Phi) is 6.30. The van der Waals surface area contributed by atoms with Gasteiger partial charge >= 0.3 is 0 Å². The summed E-state index contributed by atoms with van der Waals surface area (Å²) in [6.45, 7) is 4.23. The molecule has 0 unspecified atom stereocenters. The van der Waals surface area contributed by atoms with E-state index < -0.39 is 27.5 Å². The van der Waals surface area contributed by atoms with Gasteiger partial charge in [-0.3, -0.25) is 14.4 Å². The molecular formula is C21H27N3O5S. The van der Waals surface area contributed by atoms with E-state index >= 15 is 0 Å². The predicted molar refractivity (Wildman–Crippen MR) is 114 cm³/mol. The molecule has 2 atom stereocenters. The Labute approximate surface area is 175 Å². The number of amides is 2. The van der Waals surface area contributed by atoms with E-state index in [1.807, 2.05) is 25.1 Å². The second kappa shape index (κ2) is 8.59. The van der Waals surface area contributed by atoms with E-state index in [1.54, 1.807) is 13.0 Å². The molecule has 1 fully saturated rings. The number of ketones is 1. The van der Waals surface area contributed by atoms with Gasteiger partial charge in [0.15, 0.2) is 15.6 Å². The van der Waals surface area contributed by atoms with Crippen LogP contribution in [-0.4, -0.2) is 67.0 Å². The zero-order chi connectivity index (χ0) is 22.1. The molecule has 1 aromatic heterocycles. The van der Waals surface area contributed by atoms with E-state index in [9.17, 15) is 22.8 Å². The number of hydrogen-bond donors (Lipinski definition) is 2. The summed E-state index contributed by atoms with van der Waals surface area (Å²) in [5.41, 5.74) is 2.29. The van der Waals surface area contributed by atoms with E-state index in [0.29, 0.717) is 25.1 Å². The monoisotopic (exact) mass is 433 g/mol. The highest BCUT2D eigenvalue weighted by Crippen LogP contribution is 2.20. The number of H-pyrrole nitrogens is 1. The number of benzene rings is 1. The minimum Gasteiger partial charge on any atom is -0.351 e. The van der Waals surface area contributed by atoms with Crippen molar-refractivity contribution in [3.05, 3.63) is 35.5 Å². The Morgan fingerprint density at radius 3 is 2.70 bits per heavy atom. The van der Waals surface area contributed by atoms with Crippen molar-refractivity contribution in [2.24, 2.45) is 5.92 Å². The number of rotatable bonds is 6. The molecular weight excluding hydrogens is 406 g/mol. The van der Waals surface area contributed by atoms with Crippen LogP contribution in [0.25, 0.3) is 10.9 Å². The number of nitrogens with one attached hydrogen (secondary N) is 2. The topological polar surface area (TPSA) is 116 Å². The van der Waals surface area contributed by atoms with Crippen LogP contribution in [-0.2, 0) is 19.4 Å². The second-order valence-corrected chi connectivity index (χ2v) is 10.3. The summed E-state index contributed by atoms with van der Waals surface area (Å²) in [6, 6.07) is 6.80. The number of carbonyl (C=O) groups excluding carboxylic acids is 3. The molecule has 1 saturated heterocycles. The van der Waals surface area contributed by atoms with Gasteiger partial charge in [0, 0.05) is 36.2 Å². The Morgan fingerprint density at radius 1 is 1.27 bits per heavy atom. The Hall–Kier alpha value is -2.68. The van der Waals surface area contributed by atoms with Gasteiger partial charge in [0.2, 0.25) is 5.91 Å². The zero-order valence-electron chi connectivity index (χ0n) is 17.4. The fraction of sp³-hybridized carbons (Fsp3) is 0.476. The number of likely N-dealkylation sites (tertiary alicyclic amines) is 1. The lowest BCUT2D eigenvalue weighted by atomic mass is 9.94. The number of piperidine rings is 1. The lowest BCUT2D eigenvalue weighted by Gasteiger charge is -2.33. The standard InChI is InChI=1S/C21H27N3O5S/c1-13-6-7-15-10-18(23-17(15)9-13)20(26)22-14(2)21(27)24-8-4-5-16(11-24)19(25)12-30(3,28)29/h6-7,9-10,14,16,23H,4-5,8,11-12H2,1-3H3,(H,22,26)/t14-,16-/m1/s1. The van der Waals surface area contributed by atoms with Crippen LogP contribution in [0.1, 0.15) is 35.8 Å². The summed E-state index contributed by atoms with van der Waals surface area (Å²) in [4.78, 5) is 42.2. The van der Waals surface area contributed by atoms with E-state index in [0.717, 1.165) is 22.7 Å². The number of aromatic nitrogens is 1. The quantitative estimate of drug-likeness (QED) is 0.715. The molecule has 8 nitrogen and oxygen atoms in total. The number of carbonyl (C=O) groups is 3. The maximum atomic E-state index is 12.8. The van der Waals surface area contributed by atoms with Crippen LogP contribution < -0.4 is 5.32 Å². The van der Waals surface area contributed by atoms with Crippen molar-refractivity contribution >= 4 is 38.3 Å². The van der Waals surface area contributed by atoms with Crippen LogP contribution >= 0.6 is 0 Å². The van der Waals surface area contributed by atoms with Crippen LogP contribution in [0.3, 0.4) is 0 Å². The minimum absolute atomic E-state index is 0.180.